The van der Waals surface area contributed by atoms with Crippen molar-refractivity contribution < 1.29 is 13.9 Å². The van der Waals surface area contributed by atoms with Crippen LogP contribution in [0.4, 0.5) is 4.39 Å². The Morgan fingerprint density at radius 2 is 2.05 bits per heavy atom. The first-order valence-corrected chi connectivity index (χ1v) is 6.59. The Labute approximate surface area is 121 Å². The summed E-state index contributed by atoms with van der Waals surface area (Å²) in [6.07, 6.45) is 3.23. The van der Waals surface area contributed by atoms with Gasteiger partial charge in [-0.2, -0.15) is 0 Å². The lowest BCUT2D eigenvalue weighted by Crippen LogP contribution is -2.28. The van der Waals surface area contributed by atoms with Crippen molar-refractivity contribution in [2.45, 2.75) is 20.0 Å². The van der Waals surface area contributed by atoms with E-state index in [4.69, 9.17) is 0 Å². The van der Waals surface area contributed by atoms with Gasteiger partial charge in [-0.3, -0.25) is 13.9 Å². The van der Waals surface area contributed by atoms with Gasteiger partial charge in [0.15, 0.2) is 0 Å². The van der Waals surface area contributed by atoms with Crippen LogP contribution in [0.25, 0.3) is 0 Å². The van der Waals surface area contributed by atoms with E-state index < -0.39 is 5.92 Å². The average Bonchev–Trinajstić information content (AvgIpc) is 2.79. The van der Waals surface area contributed by atoms with Gasteiger partial charge in [0.05, 0.1) is 19.6 Å². The Hall–Kier alpha value is -2.37. The second-order valence-electron chi connectivity index (χ2n) is 4.92. The number of carbonyl (C=O) groups is 1. The van der Waals surface area contributed by atoms with E-state index >= 15 is 0 Å². The van der Waals surface area contributed by atoms with E-state index in [0.717, 1.165) is 0 Å². The number of nitrogens with zero attached hydrogens (tertiary/aromatic N) is 2. The summed E-state index contributed by atoms with van der Waals surface area (Å²) >= 11 is 0. The molecular formula is C15H17FN2O3. The molecule has 0 unspecified atom stereocenters. The summed E-state index contributed by atoms with van der Waals surface area (Å²) in [5.74, 6) is -1.10. The molecule has 6 heteroatoms. The van der Waals surface area contributed by atoms with Crippen LogP contribution in [0, 0.1) is 11.7 Å². The number of hydrogen-bond acceptors (Lipinski definition) is 3. The zero-order valence-electron chi connectivity index (χ0n) is 12.0. The number of halogens is 1. The van der Waals surface area contributed by atoms with Crippen molar-refractivity contribution in [1.29, 1.82) is 0 Å². The lowest BCUT2D eigenvalue weighted by molar-refractivity contribution is -0.145. The van der Waals surface area contributed by atoms with Gasteiger partial charge < -0.3 is 4.74 Å². The fourth-order valence-electron chi connectivity index (χ4n) is 2.12. The van der Waals surface area contributed by atoms with E-state index in [9.17, 15) is 14.0 Å². The molecule has 0 saturated heterocycles. The zero-order chi connectivity index (χ0) is 15.4. The maximum atomic E-state index is 13.1. The van der Waals surface area contributed by atoms with Crippen LogP contribution in [0.5, 0.6) is 0 Å². The van der Waals surface area contributed by atoms with Crippen LogP contribution >= 0.6 is 0 Å². The molecule has 0 bridgehead atoms. The monoisotopic (exact) mass is 292 g/mol. The van der Waals surface area contributed by atoms with Crippen LogP contribution in [-0.2, 0) is 22.6 Å². The van der Waals surface area contributed by atoms with Gasteiger partial charge in [0.1, 0.15) is 5.82 Å². The highest BCUT2D eigenvalue weighted by Gasteiger charge is 2.15. The molecule has 0 aliphatic heterocycles. The quantitative estimate of drug-likeness (QED) is 0.787. The minimum Gasteiger partial charge on any atom is -0.469 e. The third-order valence-electron chi connectivity index (χ3n) is 3.23. The highest BCUT2D eigenvalue weighted by Crippen LogP contribution is 2.06. The van der Waals surface area contributed by atoms with E-state index in [2.05, 4.69) is 4.74 Å². The molecule has 0 saturated carbocycles. The first-order valence-electron chi connectivity index (χ1n) is 6.59. The Morgan fingerprint density at radius 3 is 2.71 bits per heavy atom. The summed E-state index contributed by atoms with van der Waals surface area (Å²) in [5, 5.41) is 0. The molecule has 5 nitrogen and oxygen atoms in total. The number of rotatable bonds is 5. The maximum Gasteiger partial charge on any atom is 0.328 e. The predicted octanol–water partition coefficient (Wildman–Crippen LogP) is 1.65. The minimum absolute atomic E-state index is 0.241. The summed E-state index contributed by atoms with van der Waals surface area (Å²) in [5.41, 5.74) is 0.464. The van der Waals surface area contributed by atoms with Crippen LogP contribution in [0.2, 0.25) is 0 Å². The molecule has 0 N–H and O–H groups in total. The first-order chi connectivity index (χ1) is 10.0. The molecule has 0 aliphatic carbocycles. The molecule has 2 rings (SSSR count). The first kappa shape index (κ1) is 15.0. The minimum atomic E-state index is -0.405. The highest BCUT2D eigenvalue weighted by atomic mass is 19.1. The van der Waals surface area contributed by atoms with Crippen molar-refractivity contribution in [3.8, 4) is 0 Å². The number of ether oxygens (including phenoxy) is 1. The van der Waals surface area contributed by atoms with Gasteiger partial charge >= 0.3 is 11.7 Å². The van der Waals surface area contributed by atoms with Crippen LogP contribution in [-0.4, -0.2) is 22.2 Å². The van der Waals surface area contributed by atoms with E-state index in [1.54, 1.807) is 31.5 Å². The predicted molar refractivity (Wildman–Crippen MR) is 75.4 cm³/mol. The third kappa shape index (κ3) is 3.59. The lowest BCUT2D eigenvalue weighted by Gasteiger charge is -2.09. The molecule has 21 heavy (non-hydrogen) atoms. The summed E-state index contributed by atoms with van der Waals surface area (Å²) < 4.78 is 20.7. The van der Waals surface area contributed by atoms with E-state index in [1.807, 2.05) is 0 Å². The Kier molecular flexibility index (Phi) is 4.57. The largest absolute Gasteiger partial charge is 0.469 e. The topological polar surface area (TPSA) is 53.2 Å². The normalized spacial score (nSPS) is 12.1. The fourth-order valence-corrected chi connectivity index (χ4v) is 2.12. The van der Waals surface area contributed by atoms with Gasteiger partial charge in [-0.05, 0) is 17.7 Å². The molecule has 1 atom stereocenters. The van der Waals surface area contributed by atoms with Crippen molar-refractivity contribution in [3.63, 3.8) is 0 Å². The number of carbonyl (C=O) groups excluding carboxylic acids is 1. The smallest absolute Gasteiger partial charge is 0.328 e. The maximum absolute atomic E-state index is 13.1. The average molecular weight is 292 g/mol. The number of hydrogen-bond donors (Lipinski definition) is 0. The number of benzene rings is 1. The number of methoxy groups -OCH3 is 1. The molecule has 1 aromatic heterocycles. The van der Waals surface area contributed by atoms with E-state index in [1.165, 1.54) is 28.4 Å². The van der Waals surface area contributed by atoms with Crippen LogP contribution in [0.15, 0.2) is 41.5 Å². The Balaban J connectivity index is 2.14. The lowest BCUT2D eigenvalue weighted by atomic mass is 10.2. The van der Waals surface area contributed by atoms with Crippen LogP contribution in [0.1, 0.15) is 12.5 Å². The summed E-state index contributed by atoms with van der Waals surface area (Å²) in [6.45, 7) is 2.24. The molecule has 112 valence electrons. The molecule has 0 fully saturated rings. The third-order valence-corrected chi connectivity index (χ3v) is 3.23. The molecule has 0 aliphatic rings. The second-order valence-corrected chi connectivity index (χ2v) is 4.92. The van der Waals surface area contributed by atoms with Crippen molar-refractivity contribution in [1.82, 2.24) is 9.13 Å². The van der Waals surface area contributed by atoms with Crippen molar-refractivity contribution >= 4 is 5.97 Å². The number of esters is 1. The SMILES string of the molecule is COC(=O)[C@@H](C)Cn1ccn(Cc2cccc(F)c2)c1=O. The number of aromatic nitrogens is 2. The van der Waals surface area contributed by atoms with E-state index in [-0.39, 0.29) is 30.6 Å². The summed E-state index contributed by atoms with van der Waals surface area (Å²) in [7, 11) is 1.32. The van der Waals surface area contributed by atoms with Crippen molar-refractivity contribution in [3.05, 3.63) is 58.5 Å². The molecule has 2 aromatic rings. The molecule has 1 heterocycles. The van der Waals surface area contributed by atoms with Gasteiger partial charge in [0.25, 0.3) is 0 Å². The second kappa shape index (κ2) is 6.39. The van der Waals surface area contributed by atoms with Crippen LogP contribution in [0.3, 0.4) is 0 Å². The standard InChI is InChI=1S/C15H17FN2O3/c1-11(14(19)21-2)9-17-6-7-18(15(17)20)10-12-4-3-5-13(16)8-12/h3-8,11H,9-10H2,1-2H3/t11-/m0/s1. The summed E-state index contributed by atoms with van der Waals surface area (Å²) in [6, 6.07) is 6.10. The van der Waals surface area contributed by atoms with Gasteiger partial charge in [-0.25, -0.2) is 9.18 Å². The molecule has 0 radical (unpaired) electrons. The van der Waals surface area contributed by atoms with Gasteiger partial charge in [0.2, 0.25) is 0 Å². The molecule has 0 spiro atoms. The molecule has 0 amide bonds. The summed E-state index contributed by atoms with van der Waals surface area (Å²) in [4.78, 5) is 23.6. The fraction of sp³-hybridized carbons (Fsp3) is 0.333. The van der Waals surface area contributed by atoms with Gasteiger partial charge in [0, 0.05) is 18.9 Å². The highest BCUT2D eigenvalue weighted by molar-refractivity contribution is 5.71. The van der Waals surface area contributed by atoms with Gasteiger partial charge in [-0.1, -0.05) is 19.1 Å². The van der Waals surface area contributed by atoms with Crippen LogP contribution < -0.4 is 5.69 Å². The zero-order valence-corrected chi connectivity index (χ0v) is 12.0. The Morgan fingerprint density at radius 1 is 1.33 bits per heavy atom. The molecule has 1 aromatic carbocycles. The Bertz CT molecular complexity index is 690. The number of imidazole rings is 1. The molecular weight excluding hydrogens is 275 g/mol. The van der Waals surface area contributed by atoms with Crippen molar-refractivity contribution in [2.75, 3.05) is 7.11 Å². The van der Waals surface area contributed by atoms with Gasteiger partial charge in [-0.15, -0.1) is 0 Å². The van der Waals surface area contributed by atoms with Crippen molar-refractivity contribution in [2.24, 2.45) is 5.92 Å². The van der Waals surface area contributed by atoms with E-state index in [0.29, 0.717) is 5.56 Å².